The molecule has 1 aliphatic heterocycles. The molecule has 1 heterocycles. The van der Waals surface area contributed by atoms with Crippen LogP contribution in [0.4, 0.5) is 0 Å². The lowest BCUT2D eigenvalue weighted by Gasteiger charge is -2.21. The van der Waals surface area contributed by atoms with Crippen LogP contribution in [0.2, 0.25) is 0 Å². The Morgan fingerprint density at radius 2 is 1.61 bits per heavy atom. The summed E-state index contributed by atoms with van der Waals surface area (Å²) in [6, 6.07) is 16.5. The number of hydrogen-bond donors (Lipinski definition) is 1. The van der Waals surface area contributed by atoms with E-state index >= 15 is 0 Å². The highest BCUT2D eigenvalue weighted by Crippen LogP contribution is 2.26. The van der Waals surface area contributed by atoms with Crippen molar-refractivity contribution in [2.75, 3.05) is 0 Å². The van der Waals surface area contributed by atoms with Gasteiger partial charge in [0.2, 0.25) is 0 Å². The zero-order chi connectivity index (χ0) is 22.6. The molecule has 1 amide bonds. The van der Waals surface area contributed by atoms with Gasteiger partial charge in [-0.05, 0) is 39.3 Å². The standard InChI is InChI=1S/C25H24N2O4/c1-16(28)21(24(30)31-25(2,3)4)22-18-12-8-9-13-19(18)23(27-22)26-20(29)15-14-17-10-6-5-7-11-17/h5-15,28H,1-4H3/b15-14?,21-16+,26-23?. The van der Waals surface area contributed by atoms with Gasteiger partial charge in [0, 0.05) is 17.2 Å². The van der Waals surface area contributed by atoms with Crippen LogP contribution in [-0.4, -0.2) is 34.1 Å². The van der Waals surface area contributed by atoms with Crippen molar-refractivity contribution in [3.63, 3.8) is 0 Å². The van der Waals surface area contributed by atoms with E-state index in [-0.39, 0.29) is 22.9 Å². The van der Waals surface area contributed by atoms with E-state index in [4.69, 9.17) is 4.74 Å². The molecule has 0 radical (unpaired) electrons. The number of aliphatic imine (C=N–C) groups is 2. The number of amides is 1. The van der Waals surface area contributed by atoms with Gasteiger partial charge in [-0.15, -0.1) is 0 Å². The normalized spacial score (nSPS) is 15.5. The van der Waals surface area contributed by atoms with Crippen molar-refractivity contribution in [3.05, 3.63) is 88.7 Å². The summed E-state index contributed by atoms with van der Waals surface area (Å²) in [7, 11) is 0. The summed E-state index contributed by atoms with van der Waals surface area (Å²) in [5.41, 5.74) is 1.49. The minimum absolute atomic E-state index is 0.0557. The van der Waals surface area contributed by atoms with Gasteiger partial charge in [0.1, 0.15) is 16.9 Å². The van der Waals surface area contributed by atoms with E-state index in [2.05, 4.69) is 9.98 Å². The van der Waals surface area contributed by atoms with Crippen molar-refractivity contribution in [1.82, 2.24) is 0 Å². The number of benzene rings is 2. The van der Waals surface area contributed by atoms with Crippen LogP contribution in [0.1, 0.15) is 44.4 Å². The largest absolute Gasteiger partial charge is 0.512 e. The molecule has 6 heteroatoms. The summed E-state index contributed by atoms with van der Waals surface area (Å²) in [6.45, 7) is 6.62. The maximum Gasteiger partial charge on any atom is 0.344 e. The Bertz CT molecular complexity index is 1130. The molecule has 1 aliphatic rings. The molecule has 0 fully saturated rings. The quantitative estimate of drug-likeness (QED) is 0.446. The van der Waals surface area contributed by atoms with Crippen molar-refractivity contribution in [2.45, 2.75) is 33.3 Å². The number of ether oxygens (including phenoxy) is 1. The molecule has 158 valence electrons. The summed E-state index contributed by atoms with van der Waals surface area (Å²) in [4.78, 5) is 33.7. The number of carbonyl (C=O) groups excluding carboxylic acids is 2. The van der Waals surface area contributed by atoms with Crippen molar-refractivity contribution in [3.8, 4) is 0 Å². The monoisotopic (exact) mass is 416 g/mol. The number of rotatable bonds is 4. The molecule has 1 N–H and O–H groups in total. The number of hydrogen-bond acceptors (Lipinski definition) is 4. The smallest absolute Gasteiger partial charge is 0.344 e. The number of fused-ring (bicyclic) bond motifs is 1. The Labute approximate surface area is 181 Å². The molecule has 0 spiro atoms. The molecule has 0 unspecified atom stereocenters. The van der Waals surface area contributed by atoms with Crippen molar-refractivity contribution >= 4 is 29.5 Å². The summed E-state index contributed by atoms with van der Waals surface area (Å²) in [5.74, 6) is -1.23. The fourth-order valence-electron chi connectivity index (χ4n) is 3.00. The van der Waals surface area contributed by atoms with E-state index in [1.54, 1.807) is 51.1 Å². The third-order valence-corrected chi connectivity index (χ3v) is 4.28. The molecule has 0 saturated heterocycles. The predicted octanol–water partition coefficient (Wildman–Crippen LogP) is 4.65. The molecular weight excluding hydrogens is 392 g/mol. The first-order chi connectivity index (χ1) is 14.7. The summed E-state index contributed by atoms with van der Waals surface area (Å²) in [5, 5.41) is 10.2. The van der Waals surface area contributed by atoms with Crippen LogP contribution in [0.5, 0.6) is 0 Å². The fourth-order valence-corrected chi connectivity index (χ4v) is 3.00. The van der Waals surface area contributed by atoms with Gasteiger partial charge >= 0.3 is 5.97 Å². The van der Waals surface area contributed by atoms with Crippen molar-refractivity contribution < 1.29 is 19.4 Å². The minimum atomic E-state index is -0.744. The summed E-state index contributed by atoms with van der Waals surface area (Å²) < 4.78 is 5.44. The second-order valence-corrected chi connectivity index (χ2v) is 7.99. The van der Waals surface area contributed by atoms with Crippen LogP contribution in [-0.2, 0) is 14.3 Å². The Morgan fingerprint density at radius 1 is 1.00 bits per heavy atom. The molecule has 0 bridgehead atoms. The molecule has 0 aromatic heterocycles. The lowest BCUT2D eigenvalue weighted by Crippen LogP contribution is -2.28. The van der Waals surface area contributed by atoms with E-state index in [1.165, 1.54) is 13.0 Å². The molecule has 2 aromatic rings. The first-order valence-corrected chi connectivity index (χ1v) is 9.83. The maximum atomic E-state index is 12.7. The average Bonchev–Trinajstić information content (AvgIpc) is 3.04. The SMILES string of the molecule is C/C(O)=C(\C(=O)OC(C)(C)C)C1=NC(=NC(=O)C=Cc2ccccc2)c2ccccc21. The van der Waals surface area contributed by atoms with Crippen LogP contribution in [0.25, 0.3) is 6.08 Å². The van der Waals surface area contributed by atoms with E-state index in [1.807, 2.05) is 30.3 Å². The van der Waals surface area contributed by atoms with Gasteiger partial charge in [0.05, 0.1) is 5.71 Å². The molecule has 2 aromatic carbocycles. The number of allylic oxidation sites excluding steroid dienone is 1. The average molecular weight is 416 g/mol. The maximum absolute atomic E-state index is 12.7. The highest BCUT2D eigenvalue weighted by molar-refractivity contribution is 6.36. The highest BCUT2D eigenvalue weighted by atomic mass is 16.6. The van der Waals surface area contributed by atoms with E-state index in [0.717, 1.165) is 5.56 Å². The van der Waals surface area contributed by atoms with Crippen LogP contribution in [0.15, 0.2) is 82.0 Å². The first-order valence-electron chi connectivity index (χ1n) is 9.83. The zero-order valence-corrected chi connectivity index (χ0v) is 17.9. The lowest BCUT2D eigenvalue weighted by molar-refractivity contribution is -0.149. The predicted molar refractivity (Wildman–Crippen MR) is 121 cm³/mol. The number of carbonyl (C=O) groups is 2. The molecule has 0 saturated carbocycles. The van der Waals surface area contributed by atoms with E-state index in [9.17, 15) is 14.7 Å². The second-order valence-electron chi connectivity index (χ2n) is 7.99. The number of esters is 1. The Balaban J connectivity index is 1.99. The molecule has 6 nitrogen and oxygen atoms in total. The van der Waals surface area contributed by atoms with Crippen molar-refractivity contribution in [2.24, 2.45) is 9.98 Å². The van der Waals surface area contributed by atoms with Crippen LogP contribution in [0.3, 0.4) is 0 Å². The van der Waals surface area contributed by atoms with E-state index in [0.29, 0.717) is 11.1 Å². The molecule has 3 rings (SSSR count). The topological polar surface area (TPSA) is 88.3 Å². The number of nitrogens with zero attached hydrogens (tertiary/aromatic N) is 2. The molecule has 0 atom stereocenters. The third kappa shape index (κ3) is 5.42. The summed E-state index contributed by atoms with van der Waals surface area (Å²) in [6.07, 6.45) is 3.03. The van der Waals surface area contributed by atoms with Gasteiger partial charge in [-0.2, -0.15) is 4.99 Å². The van der Waals surface area contributed by atoms with Gasteiger partial charge in [0.25, 0.3) is 5.91 Å². The highest BCUT2D eigenvalue weighted by Gasteiger charge is 2.32. The lowest BCUT2D eigenvalue weighted by atomic mass is 9.99. The number of amidine groups is 1. The van der Waals surface area contributed by atoms with Crippen LogP contribution < -0.4 is 0 Å². The first kappa shape index (κ1) is 21.9. The van der Waals surface area contributed by atoms with Gasteiger partial charge in [-0.25, -0.2) is 9.79 Å². The van der Waals surface area contributed by atoms with Crippen molar-refractivity contribution in [1.29, 1.82) is 0 Å². The van der Waals surface area contributed by atoms with Crippen LogP contribution >= 0.6 is 0 Å². The second kappa shape index (κ2) is 8.92. The van der Waals surface area contributed by atoms with Gasteiger partial charge in [-0.3, -0.25) is 4.79 Å². The zero-order valence-electron chi connectivity index (χ0n) is 17.9. The third-order valence-electron chi connectivity index (χ3n) is 4.28. The van der Waals surface area contributed by atoms with Gasteiger partial charge in [0.15, 0.2) is 5.84 Å². The van der Waals surface area contributed by atoms with E-state index < -0.39 is 17.5 Å². The van der Waals surface area contributed by atoms with Gasteiger partial charge in [-0.1, -0.05) is 54.6 Å². The van der Waals surface area contributed by atoms with Crippen LogP contribution in [0, 0.1) is 0 Å². The Hall–Kier alpha value is -3.80. The molecule has 0 aliphatic carbocycles. The molecular formula is C25H24N2O4. The molecule has 31 heavy (non-hydrogen) atoms. The van der Waals surface area contributed by atoms with Gasteiger partial charge < -0.3 is 9.84 Å². The number of aliphatic hydroxyl groups is 1. The number of aliphatic hydroxyl groups excluding tert-OH is 1. The Kier molecular flexibility index (Phi) is 6.30. The summed E-state index contributed by atoms with van der Waals surface area (Å²) >= 11 is 0. The fraction of sp³-hybridized carbons (Fsp3) is 0.200. The Morgan fingerprint density at radius 3 is 2.23 bits per heavy atom. The minimum Gasteiger partial charge on any atom is -0.512 e.